The van der Waals surface area contributed by atoms with E-state index in [1.54, 1.807) is 7.11 Å². The number of benzene rings is 6. The lowest BCUT2D eigenvalue weighted by atomic mass is 10.1. The van der Waals surface area contributed by atoms with E-state index in [-0.39, 0.29) is 23.9 Å². The number of carbonyl (C=O) groups excluding carboxylic acids is 2. The molecule has 0 bridgehead atoms. The van der Waals surface area contributed by atoms with Crippen molar-refractivity contribution in [1.29, 1.82) is 0 Å². The predicted molar refractivity (Wildman–Crippen MR) is 302 cm³/mol. The van der Waals surface area contributed by atoms with Gasteiger partial charge in [0.1, 0.15) is 28.3 Å². The van der Waals surface area contributed by atoms with E-state index < -0.39 is 0 Å². The number of nitrogens with zero attached hydrogens (tertiary/aromatic N) is 6. The largest absolute Gasteiger partial charge is 0.494 e. The molecule has 2 fully saturated rings. The number of rotatable bonds is 19. The lowest BCUT2D eigenvalue weighted by Gasteiger charge is -2.20. The fourth-order valence-corrected chi connectivity index (χ4v) is 10.4. The van der Waals surface area contributed by atoms with Gasteiger partial charge in [0.2, 0.25) is 11.8 Å². The second-order valence-corrected chi connectivity index (χ2v) is 20.1. The summed E-state index contributed by atoms with van der Waals surface area (Å²) in [5.41, 5.74) is 9.64. The fraction of sp³-hybridized carbons (Fsp3) is 0.333. The van der Waals surface area contributed by atoms with Crippen molar-refractivity contribution in [3.63, 3.8) is 0 Å². The molecule has 0 radical (unpaired) electrons. The third-order valence-corrected chi connectivity index (χ3v) is 14.7. The first kappa shape index (κ1) is 51.6. The smallest absolute Gasteiger partial charge is 0.256 e. The van der Waals surface area contributed by atoms with Crippen molar-refractivity contribution in [1.82, 2.24) is 19.8 Å². The molecule has 2 amide bonds. The number of fused-ring (bicyclic) bond motifs is 6. The normalized spacial score (nSPS) is 16.2. The maximum atomic E-state index is 13.0. The Labute approximate surface area is 453 Å². The number of aryl methyl sites for hydroxylation is 2. The average Bonchev–Trinajstić information content (AvgIpc) is 4.30. The summed E-state index contributed by atoms with van der Waals surface area (Å²) in [4.78, 5) is 48.1. The molecular formula is C63H64N6O9. The molecule has 2 saturated heterocycles. The number of hydrogen-bond donors (Lipinski definition) is 0. The van der Waals surface area contributed by atoms with Crippen LogP contribution in [0.1, 0.15) is 96.1 Å². The Balaban J connectivity index is 0.000000166. The molecule has 4 aliphatic rings. The van der Waals surface area contributed by atoms with Crippen molar-refractivity contribution in [2.45, 2.75) is 90.1 Å². The quantitative estimate of drug-likeness (QED) is 0.0708. The Morgan fingerprint density at radius 3 is 1.50 bits per heavy atom. The van der Waals surface area contributed by atoms with E-state index in [9.17, 15) is 9.59 Å². The fourth-order valence-electron chi connectivity index (χ4n) is 10.4. The van der Waals surface area contributed by atoms with Gasteiger partial charge in [-0.05, 0) is 168 Å². The number of amides is 2. The summed E-state index contributed by atoms with van der Waals surface area (Å²) in [7, 11) is 1.63. The molecule has 0 saturated carbocycles. The lowest BCUT2D eigenvalue weighted by molar-refractivity contribution is 0.0767. The molecule has 15 nitrogen and oxygen atoms in total. The third-order valence-electron chi connectivity index (χ3n) is 14.7. The molecule has 12 rings (SSSR count). The Hall–Kier alpha value is -8.46. The number of hydrogen-bond acceptors (Lipinski definition) is 13. The van der Waals surface area contributed by atoms with Crippen LogP contribution >= 0.6 is 0 Å². The first-order valence-electron chi connectivity index (χ1n) is 27.3. The molecule has 6 heterocycles. The Kier molecular flexibility index (Phi) is 15.8. The van der Waals surface area contributed by atoms with Crippen molar-refractivity contribution < 1.29 is 42.1 Å². The van der Waals surface area contributed by atoms with E-state index in [4.69, 9.17) is 32.5 Å². The van der Waals surface area contributed by atoms with Crippen LogP contribution in [0.3, 0.4) is 0 Å². The highest BCUT2D eigenvalue weighted by atomic mass is 16.5. The van der Waals surface area contributed by atoms with Crippen LogP contribution in [-0.2, 0) is 0 Å². The molecule has 78 heavy (non-hydrogen) atoms. The average molecular weight is 1050 g/mol. The van der Waals surface area contributed by atoms with Gasteiger partial charge in [-0.2, -0.15) is 0 Å². The highest BCUT2D eigenvalue weighted by Crippen LogP contribution is 2.37. The van der Waals surface area contributed by atoms with Gasteiger partial charge in [-0.3, -0.25) is 19.6 Å². The van der Waals surface area contributed by atoms with Crippen LogP contribution in [0.5, 0.6) is 28.7 Å². The molecule has 15 heteroatoms. The summed E-state index contributed by atoms with van der Waals surface area (Å²) in [6.45, 7) is 8.01. The number of para-hydroxylation sites is 4. The first-order valence-corrected chi connectivity index (χ1v) is 27.3. The van der Waals surface area contributed by atoms with E-state index in [1.165, 1.54) is 0 Å². The monoisotopic (exact) mass is 1050 g/mol. The van der Waals surface area contributed by atoms with Crippen LogP contribution in [0.2, 0.25) is 0 Å². The Morgan fingerprint density at radius 1 is 0.513 bits per heavy atom. The van der Waals surface area contributed by atoms with Gasteiger partial charge in [0.15, 0.2) is 22.7 Å². The molecule has 6 aromatic carbocycles. The summed E-state index contributed by atoms with van der Waals surface area (Å²) in [6.07, 6.45) is 13.5. The van der Waals surface area contributed by atoms with Gasteiger partial charge in [-0.1, -0.05) is 24.3 Å². The molecular weight excluding hydrogens is 985 g/mol. The highest BCUT2D eigenvalue weighted by molar-refractivity contribution is 6.04. The van der Waals surface area contributed by atoms with Crippen molar-refractivity contribution in [3.05, 3.63) is 138 Å². The van der Waals surface area contributed by atoms with Gasteiger partial charge in [0.25, 0.3) is 11.8 Å². The standard InChI is InChI=1S/C32H33N3O5.C31H31N3O4/c1-21-17-24-26(33-20-23-9-8-14-35(23)32(24)36)19-29(21)39-16-7-3-6-15-38-28-13-12-22(18-30(28)37-2)31-34-25-10-4-5-11-27(25)40-31;1-21-18-25-27(32-20-23-8-7-15-34(23)31(25)35)19-29(21)37-17-6-2-5-16-36-24-13-11-22(12-14-24)30-33-26-9-3-4-10-28(26)38-30/h4-5,10-13,17-20,23H,3,6-9,14-16H2,1-2H3;3-4,9-14,18-20,23H,2,5-8,15-17H2,1H3/t2*23-/m00/s1. The minimum Gasteiger partial charge on any atom is -0.494 e. The SMILES string of the molecule is COc1cc(-c2nc3ccccc3o2)ccc1OCCCCCOc1cc2c(cc1C)C(=O)N1CCC[C@H]1C=N2.Cc1cc2c(cc1OCCCCCOc1ccc(-c3nc4ccccc4o3)cc1)N=C[C@@H]1CCCN1C2=O. The zero-order valence-electron chi connectivity index (χ0n) is 44.5. The summed E-state index contributed by atoms with van der Waals surface area (Å²) in [5.74, 6) is 5.06. The summed E-state index contributed by atoms with van der Waals surface area (Å²) in [6, 6.07) is 36.9. The first-order chi connectivity index (χ1) is 38.3. The van der Waals surface area contributed by atoms with Crippen molar-refractivity contribution in [3.8, 4) is 51.7 Å². The predicted octanol–water partition coefficient (Wildman–Crippen LogP) is 13.5. The minimum absolute atomic E-state index is 0.0714. The number of methoxy groups -OCH3 is 1. The molecule has 4 aliphatic heterocycles. The van der Waals surface area contributed by atoms with E-state index in [1.807, 2.05) is 151 Å². The summed E-state index contributed by atoms with van der Waals surface area (Å²) in [5, 5.41) is 0. The van der Waals surface area contributed by atoms with Gasteiger partial charge in [0, 0.05) is 48.8 Å². The molecule has 0 aliphatic carbocycles. The number of aromatic nitrogens is 2. The van der Waals surface area contributed by atoms with Crippen LogP contribution in [-0.4, -0.2) is 103 Å². The van der Waals surface area contributed by atoms with E-state index in [0.717, 1.165) is 139 Å². The zero-order valence-corrected chi connectivity index (χ0v) is 44.5. The highest BCUT2D eigenvalue weighted by Gasteiger charge is 2.33. The van der Waals surface area contributed by atoms with Gasteiger partial charge in [-0.15, -0.1) is 0 Å². The van der Waals surface area contributed by atoms with Crippen LogP contribution < -0.4 is 23.7 Å². The van der Waals surface area contributed by atoms with Gasteiger partial charge < -0.3 is 42.3 Å². The minimum atomic E-state index is 0.0714. The van der Waals surface area contributed by atoms with Gasteiger partial charge in [0.05, 0.1) is 68.1 Å². The molecule has 8 aromatic rings. The number of aliphatic imine (C=N–C) groups is 2. The van der Waals surface area contributed by atoms with Crippen LogP contribution in [0.25, 0.3) is 45.1 Å². The molecule has 0 N–H and O–H groups in total. The van der Waals surface area contributed by atoms with Crippen LogP contribution in [0.4, 0.5) is 11.4 Å². The van der Waals surface area contributed by atoms with Crippen molar-refractivity contribution in [2.75, 3.05) is 46.6 Å². The molecule has 2 atom stereocenters. The zero-order chi connectivity index (χ0) is 53.4. The number of ether oxygens (including phenoxy) is 5. The van der Waals surface area contributed by atoms with Gasteiger partial charge in [-0.25, -0.2) is 9.97 Å². The Bertz CT molecular complexity index is 3430. The molecule has 0 unspecified atom stereocenters. The van der Waals surface area contributed by atoms with E-state index in [2.05, 4.69) is 20.0 Å². The third kappa shape index (κ3) is 11.6. The maximum Gasteiger partial charge on any atom is 0.256 e. The maximum absolute atomic E-state index is 13.0. The second-order valence-electron chi connectivity index (χ2n) is 20.1. The van der Waals surface area contributed by atoms with E-state index >= 15 is 0 Å². The number of carbonyl (C=O) groups is 2. The molecule has 400 valence electrons. The Morgan fingerprint density at radius 2 is 0.987 bits per heavy atom. The number of unbranched alkanes of at least 4 members (excludes halogenated alkanes) is 4. The molecule has 2 aromatic heterocycles. The van der Waals surface area contributed by atoms with Crippen LogP contribution in [0.15, 0.2) is 134 Å². The van der Waals surface area contributed by atoms with Gasteiger partial charge >= 0.3 is 0 Å². The summed E-state index contributed by atoms with van der Waals surface area (Å²) < 4.78 is 41.3. The lowest BCUT2D eigenvalue weighted by Crippen LogP contribution is -2.35. The summed E-state index contributed by atoms with van der Waals surface area (Å²) >= 11 is 0. The second kappa shape index (κ2) is 23.8. The van der Waals surface area contributed by atoms with Crippen molar-refractivity contribution in [2.24, 2.45) is 9.98 Å². The van der Waals surface area contributed by atoms with E-state index in [0.29, 0.717) is 72.2 Å². The molecule has 0 spiro atoms. The number of oxazole rings is 2. The van der Waals surface area contributed by atoms with Crippen LogP contribution in [0, 0.1) is 13.8 Å². The van der Waals surface area contributed by atoms with Crippen molar-refractivity contribution >= 4 is 57.8 Å². The topological polar surface area (TPSA) is 164 Å².